The van der Waals surface area contributed by atoms with Crippen LogP contribution in [0.25, 0.3) is 22.3 Å². The monoisotopic (exact) mass is 1010 g/mol. The highest BCUT2D eigenvalue weighted by Gasteiger charge is 2.52. The molecule has 0 spiro atoms. The van der Waals surface area contributed by atoms with Gasteiger partial charge in [0.2, 0.25) is 23.3 Å². The van der Waals surface area contributed by atoms with Crippen molar-refractivity contribution in [2.75, 3.05) is 65.8 Å². The molecule has 1 unspecified atom stereocenters. The van der Waals surface area contributed by atoms with Crippen molar-refractivity contribution in [2.24, 2.45) is 11.7 Å². The number of fused-ring (bicyclic) bond motifs is 5. The number of ether oxygens (including phenoxy) is 5. The number of likely N-dealkylation sites (tertiary alicyclic amines) is 1. The van der Waals surface area contributed by atoms with Crippen molar-refractivity contribution in [3.8, 4) is 11.4 Å². The normalized spacial score (nSPS) is 19.7. The minimum Gasteiger partial charge on any atom is -0.481 e. The number of aliphatic carboxylic acids is 1. The van der Waals surface area contributed by atoms with Gasteiger partial charge >= 0.3 is 17.9 Å². The predicted octanol–water partition coefficient (Wildman–Crippen LogP) is 2.90. The number of carboxylic acid groups (broad SMARTS) is 1. The molecule has 4 aliphatic rings. The van der Waals surface area contributed by atoms with Crippen molar-refractivity contribution in [1.82, 2.24) is 30.0 Å². The smallest absolute Gasteiger partial charge is 0.355 e. The van der Waals surface area contributed by atoms with Gasteiger partial charge in [-0.2, -0.15) is 0 Å². The Bertz CT molecular complexity index is 2640. The third-order valence-electron chi connectivity index (χ3n) is 14.4. The number of carbonyl (C=O) groups excluding carboxylic acids is 5. The highest BCUT2D eigenvalue weighted by atomic mass is 19.1. The summed E-state index contributed by atoms with van der Waals surface area (Å²) in [5.41, 5.74) is 7.68. The van der Waals surface area contributed by atoms with Crippen LogP contribution < -0.4 is 21.9 Å². The maximum atomic E-state index is 15.5. The summed E-state index contributed by atoms with van der Waals surface area (Å²) < 4.78 is 45.0. The maximum absolute atomic E-state index is 15.5. The summed E-state index contributed by atoms with van der Waals surface area (Å²) in [6.07, 6.45) is 0.872. The average Bonchev–Trinajstić information content (AvgIpc) is 4.00. The van der Waals surface area contributed by atoms with E-state index in [2.05, 4.69) is 29.4 Å². The molecule has 1 aromatic carbocycles. The maximum Gasteiger partial charge on any atom is 0.355 e. The number of nitrogens with two attached hydrogens (primary N) is 1. The molecule has 5 heterocycles. The van der Waals surface area contributed by atoms with Crippen LogP contribution in [0, 0.1) is 18.7 Å². The van der Waals surface area contributed by atoms with E-state index in [1.807, 2.05) is 0 Å². The van der Waals surface area contributed by atoms with Crippen LogP contribution in [0.5, 0.6) is 0 Å². The summed E-state index contributed by atoms with van der Waals surface area (Å²) >= 11 is 0. The highest BCUT2D eigenvalue weighted by molar-refractivity contribution is 5.97. The average molecular weight is 1010 g/mol. The number of rotatable bonds is 24. The molecule has 1 saturated heterocycles. The van der Waals surface area contributed by atoms with Gasteiger partial charge in [-0.1, -0.05) is 34.6 Å². The van der Waals surface area contributed by atoms with Gasteiger partial charge in [-0.3, -0.25) is 28.9 Å². The van der Waals surface area contributed by atoms with Crippen molar-refractivity contribution in [1.29, 1.82) is 0 Å². The first-order valence-corrected chi connectivity index (χ1v) is 25.1. The SMILES string of the molecule is CCN(CC)C1CCc2c(C)c(F)cc3nc4c(c1c23)Cn1c-4cc2c(c1=O)COC(=O)[C@@]2(CC)OC(=O)[C@@H](NC(=O)[C@@H]1CCCN1C(=O)[C@H](CC(=O)O)NC(=O)CCOCCOCCOCCN)C(C)C. The summed E-state index contributed by atoms with van der Waals surface area (Å²) in [5, 5.41) is 15.8. The molecule has 392 valence electrons. The number of cyclic esters (lactones) is 1. The summed E-state index contributed by atoms with van der Waals surface area (Å²) in [6.45, 7) is 14.3. The largest absolute Gasteiger partial charge is 0.481 e. The number of benzene rings is 1. The second-order valence-corrected chi connectivity index (χ2v) is 19.0. The number of pyridine rings is 2. The van der Waals surface area contributed by atoms with E-state index in [1.54, 1.807) is 38.3 Å². The molecule has 1 aliphatic carbocycles. The summed E-state index contributed by atoms with van der Waals surface area (Å²) in [5.74, 6) is -6.43. The molecule has 3 aliphatic heterocycles. The molecule has 0 radical (unpaired) electrons. The zero-order chi connectivity index (χ0) is 52.0. The van der Waals surface area contributed by atoms with E-state index in [-0.39, 0.29) is 81.8 Å². The van der Waals surface area contributed by atoms with Crippen LogP contribution in [-0.4, -0.2) is 144 Å². The van der Waals surface area contributed by atoms with E-state index >= 15 is 4.39 Å². The van der Waals surface area contributed by atoms with E-state index in [0.29, 0.717) is 61.7 Å². The molecular weight excluding hydrogens is 938 g/mol. The molecule has 5 N–H and O–H groups in total. The Kier molecular flexibility index (Phi) is 17.5. The standard InChI is InChI=1S/C51H68FN7O13/c1-7-51(33-23-39-45-31(26-59(39)47(64)32(33)27-71-50(51)67)43-37(57(8-2)9-3)13-12-30-29(6)34(52)24-35(55-45)42(30)43)72-49(66)44(28(4)5)56-46(63)38-11-10-16-58(38)48(65)36(25-41(61)62)54-40(60)14-17-68-19-21-70-22-20-69-18-15-53/h23-24,28,36-38,44H,7-22,25-27,53H2,1-6H3,(H,54,60)(H,56,63)(H,61,62)/t36-,37?,38-,44-,51-/m0/s1. The van der Waals surface area contributed by atoms with Crippen molar-refractivity contribution in [3.05, 3.63) is 61.7 Å². The number of halogens is 1. The number of nitrogens with zero attached hydrogens (tertiary/aromatic N) is 4. The zero-order valence-corrected chi connectivity index (χ0v) is 42.1. The molecule has 7 rings (SSSR count). The lowest BCUT2D eigenvalue weighted by Gasteiger charge is -2.37. The number of esters is 2. The zero-order valence-electron chi connectivity index (χ0n) is 42.1. The number of hydrogen-bond acceptors (Lipinski definition) is 15. The number of carbonyl (C=O) groups is 6. The van der Waals surface area contributed by atoms with Gasteiger partial charge < -0.3 is 54.6 Å². The second kappa shape index (κ2) is 23.3. The van der Waals surface area contributed by atoms with Gasteiger partial charge in [-0.05, 0) is 80.8 Å². The quantitative estimate of drug-likeness (QED) is 0.0581. The fraction of sp³-hybridized carbons (Fsp3) is 0.608. The molecule has 21 heteroatoms. The van der Waals surface area contributed by atoms with Gasteiger partial charge in [-0.15, -0.1) is 0 Å². The molecule has 20 nitrogen and oxygen atoms in total. The molecule has 0 saturated carbocycles. The minimum atomic E-state index is -2.12. The van der Waals surface area contributed by atoms with Crippen LogP contribution in [-0.2, 0) is 77.6 Å². The van der Waals surface area contributed by atoms with E-state index in [0.717, 1.165) is 41.6 Å². The molecule has 72 heavy (non-hydrogen) atoms. The van der Waals surface area contributed by atoms with Crippen molar-refractivity contribution in [2.45, 2.75) is 129 Å². The molecule has 3 aromatic rings. The molecule has 1 fully saturated rings. The first kappa shape index (κ1) is 53.9. The van der Waals surface area contributed by atoms with E-state index in [9.17, 15) is 38.7 Å². The number of hydrogen-bond donors (Lipinski definition) is 4. The van der Waals surface area contributed by atoms with Crippen LogP contribution in [0.1, 0.15) is 113 Å². The van der Waals surface area contributed by atoms with Crippen LogP contribution in [0.15, 0.2) is 16.9 Å². The number of nitrogens with one attached hydrogen (secondary N) is 2. The van der Waals surface area contributed by atoms with Gasteiger partial charge in [0.1, 0.15) is 30.5 Å². The molecular formula is C51H68FN7O13. The number of aryl methyl sites for hydroxylation is 1. The van der Waals surface area contributed by atoms with Gasteiger partial charge in [-0.25, -0.2) is 19.0 Å². The summed E-state index contributed by atoms with van der Waals surface area (Å²) in [4.78, 5) is 105. The third-order valence-corrected chi connectivity index (χ3v) is 14.4. The first-order valence-electron chi connectivity index (χ1n) is 25.1. The number of carboxylic acids is 1. The van der Waals surface area contributed by atoms with Crippen molar-refractivity contribution in [3.63, 3.8) is 0 Å². The van der Waals surface area contributed by atoms with E-state index in [1.165, 1.54) is 11.0 Å². The van der Waals surface area contributed by atoms with Crippen LogP contribution >= 0.6 is 0 Å². The Labute approximate surface area is 417 Å². The Balaban J connectivity index is 1.10. The van der Waals surface area contributed by atoms with E-state index < -0.39 is 77.3 Å². The minimum absolute atomic E-state index is 0.0207. The lowest BCUT2D eigenvalue weighted by Crippen LogP contribution is -2.57. The molecule has 5 atom stereocenters. The van der Waals surface area contributed by atoms with Gasteiger partial charge in [0, 0.05) is 48.1 Å². The topological polar surface area (TPSA) is 260 Å². The Morgan fingerprint density at radius 2 is 1.67 bits per heavy atom. The summed E-state index contributed by atoms with van der Waals surface area (Å²) in [7, 11) is 0. The first-order chi connectivity index (χ1) is 34.5. The predicted molar refractivity (Wildman–Crippen MR) is 259 cm³/mol. The van der Waals surface area contributed by atoms with Crippen LogP contribution in [0.2, 0.25) is 0 Å². The fourth-order valence-corrected chi connectivity index (χ4v) is 10.6. The number of aromatic nitrogens is 2. The van der Waals surface area contributed by atoms with Crippen LogP contribution in [0.4, 0.5) is 4.39 Å². The Morgan fingerprint density at radius 3 is 2.32 bits per heavy atom. The molecule has 0 bridgehead atoms. The van der Waals surface area contributed by atoms with E-state index in [4.69, 9.17) is 34.4 Å². The van der Waals surface area contributed by atoms with Gasteiger partial charge in [0.15, 0.2) is 0 Å². The molecule has 3 amide bonds. The fourth-order valence-electron chi connectivity index (χ4n) is 10.6. The Hall–Kier alpha value is -5.87. The van der Waals surface area contributed by atoms with Gasteiger partial charge in [0.25, 0.3) is 5.56 Å². The lowest BCUT2D eigenvalue weighted by atomic mass is 9.81. The van der Waals surface area contributed by atoms with Crippen molar-refractivity contribution < 1.29 is 61.9 Å². The Morgan fingerprint density at radius 1 is 0.972 bits per heavy atom. The molecule has 2 aromatic heterocycles. The second-order valence-electron chi connectivity index (χ2n) is 19.0. The number of amides is 3. The third kappa shape index (κ3) is 10.8. The van der Waals surface area contributed by atoms with Gasteiger partial charge in [0.05, 0.1) is 75.1 Å². The highest BCUT2D eigenvalue weighted by Crippen LogP contribution is 2.48. The summed E-state index contributed by atoms with van der Waals surface area (Å²) in [6, 6.07) is -0.955. The van der Waals surface area contributed by atoms with Crippen molar-refractivity contribution >= 4 is 46.5 Å². The van der Waals surface area contributed by atoms with Crippen LogP contribution in [0.3, 0.4) is 0 Å². The lowest BCUT2D eigenvalue weighted by molar-refractivity contribution is -0.191.